The number of hydrogen-bond acceptors (Lipinski definition) is 3. The minimum absolute atomic E-state index is 0.300. The second-order valence-corrected chi connectivity index (χ2v) is 6.79. The molecule has 0 saturated heterocycles. The lowest BCUT2D eigenvalue weighted by Crippen LogP contribution is -2.36. The van der Waals surface area contributed by atoms with Gasteiger partial charge in [-0.2, -0.15) is 0 Å². The molecule has 0 aromatic heterocycles. The number of rotatable bonds is 3. The maximum absolute atomic E-state index is 9.48. The molecule has 20 heavy (non-hydrogen) atoms. The zero-order valence-corrected chi connectivity index (χ0v) is 13.2. The molecule has 0 spiro atoms. The molecule has 3 nitrogen and oxygen atoms in total. The first-order valence-corrected chi connectivity index (χ1v) is 8.36. The molecule has 3 atom stereocenters. The summed E-state index contributed by atoms with van der Waals surface area (Å²) in [5.41, 5.74) is 1.26. The fraction of sp³-hybridized carbons (Fsp3) is 0.625. The summed E-state index contributed by atoms with van der Waals surface area (Å²) in [6.07, 6.45) is 5.71. The molecular weight excluding hydrogens is 318 g/mol. The molecule has 0 bridgehead atoms. The molecule has 1 aromatic carbocycles. The van der Waals surface area contributed by atoms with Crippen molar-refractivity contribution in [2.75, 3.05) is 13.2 Å². The minimum atomic E-state index is 0.300. The van der Waals surface area contributed by atoms with Gasteiger partial charge in [0.25, 0.3) is 0 Å². The fourth-order valence-corrected chi connectivity index (χ4v) is 3.79. The maximum Gasteiger partial charge on any atom is 0.125 e. The zero-order valence-electron chi connectivity index (χ0n) is 11.6. The Morgan fingerprint density at radius 2 is 2.15 bits per heavy atom. The van der Waals surface area contributed by atoms with Crippen LogP contribution in [0.2, 0.25) is 0 Å². The molecule has 3 rings (SSSR count). The quantitative estimate of drug-likeness (QED) is 0.886. The number of benzene rings is 1. The Morgan fingerprint density at radius 1 is 1.25 bits per heavy atom. The van der Waals surface area contributed by atoms with Crippen LogP contribution in [-0.4, -0.2) is 24.4 Å². The SMILES string of the molecule is OCC1CCCC1NC1CCCOc2cc(Br)ccc21. The summed E-state index contributed by atoms with van der Waals surface area (Å²) in [4.78, 5) is 0. The van der Waals surface area contributed by atoms with Crippen LogP contribution < -0.4 is 10.1 Å². The normalized spacial score (nSPS) is 29.6. The molecule has 1 heterocycles. The molecule has 1 aromatic rings. The van der Waals surface area contributed by atoms with Crippen LogP contribution >= 0.6 is 15.9 Å². The van der Waals surface area contributed by atoms with E-state index in [1.807, 2.05) is 0 Å². The van der Waals surface area contributed by atoms with Crippen molar-refractivity contribution in [3.8, 4) is 5.75 Å². The van der Waals surface area contributed by atoms with E-state index in [1.165, 1.54) is 18.4 Å². The number of aliphatic hydroxyl groups excluding tert-OH is 1. The van der Waals surface area contributed by atoms with E-state index in [0.29, 0.717) is 24.6 Å². The predicted molar refractivity (Wildman–Crippen MR) is 83.0 cm³/mol. The van der Waals surface area contributed by atoms with Gasteiger partial charge in [0.2, 0.25) is 0 Å². The van der Waals surface area contributed by atoms with Crippen molar-refractivity contribution >= 4 is 15.9 Å². The van der Waals surface area contributed by atoms with Crippen LogP contribution in [0.3, 0.4) is 0 Å². The number of halogens is 1. The van der Waals surface area contributed by atoms with E-state index in [-0.39, 0.29) is 0 Å². The number of nitrogens with one attached hydrogen (secondary N) is 1. The Balaban J connectivity index is 1.79. The highest BCUT2D eigenvalue weighted by molar-refractivity contribution is 9.10. The third-order valence-corrected chi connectivity index (χ3v) is 5.05. The Hall–Kier alpha value is -0.580. The molecule has 0 amide bonds. The topological polar surface area (TPSA) is 41.5 Å². The smallest absolute Gasteiger partial charge is 0.125 e. The first-order valence-electron chi connectivity index (χ1n) is 7.57. The van der Waals surface area contributed by atoms with Gasteiger partial charge in [-0.25, -0.2) is 0 Å². The van der Waals surface area contributed by atoms with E-state index >= 15 is 0 Å². The van der Waals surface area contributed by atoms with E-state index in [0.717, 1.165) is 36.1 Å². The van der Waals surface area contributed by atoms with Gasteiger partial charge in [0.05, 0.1) is 6.61 Å². The summed E-state index contributed by atoms with van der Waals surface area (Å²) < 4.78 is 6.92. The molecule has 2 N–H and O–H groups in total. The lowest BCUT2D eigenvalue weighted by atomic mass is 9.98. The van der Waals surface area contributed by atoms with Crippen LogP contribution in [0, 0.1) is 5.92 Å². The Kier molecular flexibility index (Phi) is 4.64. The van der Waals surface area contributed by atoms with Crippen molar-refractivity contribution in [1.82, 2.24) is 5.32 Å². The van der Waals surface area contributed by atoms with E-state index in [4.69, 9.17) is 4.74 Å². The van der Waals surface area contributed by atoms with Gasteiger partial charge in [0.15, 0.2) is 0 Å². The molecule has 2 aliphatic rings. The van der Waals surface area contributed by atoms with Crippen molar-refractivity contribution < 1.29 is 9.84 Å². The summed E-state index contributed by atoms with van der Waals surface area (Å²) in [7, 11) is 0. The molecule has 3 unspecified atom stereocenters. The van der Waals surface area contributed by atoms with E-state index in [9.17, 15) is 5.11 Å². The van der Waals surface area contributed by atoms with Gasteiger partial charge in [0, 0.05) is 28.7 Å². The first kappa shape index (κ1) is 14.4. The zero-order chi connectivity index (χ0) is 13.9. The lowest BCUT2D eigenvalue weighted by molar-refractivity contribution is 0.198. The second kappa shape index (κ2) is 6.46. The molecule has 1 saturated carbocycles. The highest BCUT2D eigenvalue weighted by Crippen LogP contribution is 2.36. The van der Waals surface area contributed by atoms with Crippen LogP contribution in [0.25, 0.3) is 0 Å². The monoisotopic (exact) mass is 339 g/mol. The largest absolute Gasteiger partial charge is 0.493 e. The Bertz CT molecular complexity index is 466. The molecule has 4 heteroatoms. The van der Waals surface area contributed by atoms with Gasteiger partial charge in [-0.3, -0.25) is 0 Å². The highest BCUT2D eigenvalue weighted by Gasteiger charge is 2.30. The van der Waals surface area contributed by atoms with E-state index in [1.54, 1.807) is 0 Å². The van der Waals surface area contributed by atoms with Crippen LogP contribution in [-0.2, 0) is 0 Å². The summed E-state index contributed by atoms with van der Waals surface area (Å²) in [5.74, 6) is 1.41. The number of ether oxygens (including phenoxy) is 1. The van der Waals surface area contributed by atoms with Gasteiger partial charge in [-0.1, -0.05) is 28.4 Å². The molecule has 1 aliphatic carbocycles. The summed E-state index contributed by atoms with van der Waals surface area (Å²) in [6.45, 7) is 1.09. The average molecular weight is 340 g/mol. The van der Waals surface area contributed by atoms with Crippen molar-refractivity contribution in [2.24, 2.45) is 5.92 Å². The van der Waals surface area contributed by atoms with Crippen LogP contribution in [0.4, 0.5) is 0 Å². The number of fused-ring (bicyclic) bond motifs is 1. The highest BCUT2D eigenvalue weighted by atomic mass is 79.9. The summed E-state index contributed by atoms with van der Waals surface area (Å²) in [5, 5.41) is 13.3. The Labute approximate surface area is 128 Å². The summed E-state index contributed by atoms with van der Waals surface area (Å²) in [6, 6.07) is 7.09. The third-order valence-electron chi connectivity index (χ3n) is 4.55. The maximum atomic E-state index is 9.48. The van der Waals surface area contributed by atoms with Gasteiger partial charge in [-0.15, -0.1) is 0 Å². The average Bonchev–Trinajstić information content (AvgIpc) is 2.80. The second-order valence-electron chi connectivity index (χ2n) is 5.87. The van der Waals surface area contributed by atoms with Gasteiger partial charge >= 0.3 is 0 Å². The number of aliphatic hydroxyl groups is 1. The van der Waals surface area contributed by atoms with Gasteiger partial charge in [0.1, 0.15) is 5.75 Å². The molecule has 1 aliphatic heterocycles. The standard InChI is InChI=1S/C16H22BrNO2/c17-12-6-7-13-15(5-2-8-20-16(13)9-12)18-14-4-1-3-11(14)10-19/h6-7,9,11,14-15,18-19H,1-5,8,10H2. The van der Waals surface area contributed by atoms with Crippen LogP contribution in [0.5, 0.6) is 5.75 Å². The molecule has 110 valence electrons. The van der Waals surface area contributed by atoms with Crippen LogP contribution in [0.15, 0.2) is 22.7 Å². The van der Waals surface area contributed by atoms with Gasteiger partial charge in [-0.05, 0) is 43.7 Å². The predicted octanol–water partition coefficient (Wildman–Crippen LogP) is 3.41. The third kappa shape index (κ3) is 3.02. The minimum Gasteiger partial charge on any atom is -0.493 e. The Morgan fingerprint density at radius 3 is 3.00 bits per heavy atom. The van der Waals surface area contributed by atoms with Crippen LogP contribution in [0.1, 0.15) is 43.7 Å². The van der Waals surface area contributed by atoms with Crippen molar-refractivity contribution in [3.05, 3.63) is 28.2 Å². The first-order chi connectivity index (χ1) is 9.78. The molecule has 1 fully saturated rings. The fourth-order valence-electron chi connectivity index (χ4n) is 3.45. The van der Waals surface area contributed by atoms with Gasteiger partial charge < -0.3 is 15.2 Å². The summed E-state index contributed by atoms with van der Waals surface area (Å²) >= 11 is 3.51. The number of hydrogen-bond donors (Lipinski definition) is 2. The molecule has 0 radical (unpaired) electrons. The van der Waals surface area contributed by atoms with E-state index < -0.39 is 0 Å². The van der Waals surface area contributed by atoms with Crippen molar-refractivity contribution in [2.45, 2.75) is 44.2 Å². The van der Waals surface area contributed by atoms with Crippen molar-refractivity contribution in [1.29, 1.82) is 0 Å². The van der Waals surface area contributed by atoms with E-state index in [2.05, 4.69) is 39.4 Å². The lowest BCUT2D eigenvalue weighted by Gasteiger charge is -2.26. The molecular formula is C16H22BrNO2. The van der Waals surface area contributed by atoms with Crippen molar-refractivity contribution in [3.63, 3.8) is 0 Å².